The zero-order chi connectivity index (χ0) is 24.6. The van der Waals surface area contributed by atoms with Gasteiger partial charge in [-0.1, -0.05) is 123 Å². The quantitative estimate of drug-likeness (QED) is 0.195. The number of benzene rings is 3. The molecule has 188 valence electrons. The molecule has 0 amide bonds. The van der Waals surface area contributed by atoms with E-state index in [1.165, 1.54) is 48.8 Å². The van der Waals surface area contributed by atoms with E-state index in [1.807, 2.05) is 0 Å². The van der Waals surface area contributed by atoms with E-state index in [-0.39, 0.29) is 5.54 Å². The van der Waals surface area contributed by atoms with Crippen molar-refractivity contribution in [3.05, 3.63) is 108 Å². The van der Waals surface area contributed by atoms with Gasteiger partial charge in [0, 0.05) is 12.1 Å². The first kappa shape index (κ1) is 27.2. The van der Waals surface area contributed by atoms with Crippen LogP contribution < -0.4 is 5.32 Å². The maximum Gasteiger partial charge on any atom is 0.0431 e. The largest absolute Gasteiger partial charge is 0.396 e. The molecule has 2 nitrogen and oxygen atoms in total. The van der Waals surface area contributed by atoms with Gasteiger partial charge in [0.2, 0.25) is 0 Å². The number of aliphatic hydroxyl groups excluding tert-OH is 1. The van der Waals surface area contributed by atoms with Gasteiger partial charge in [0.05, 0.1) is 0 Å². The summed E-state index contributed by atoms with van der Waals surface area (Å²) < 4.78 is 0. The Labute approximate surface area is 213 Å². The van der Waals surface area contributed by atoms with Crippen LogP contribution in [0, 0.1) is 0 Å². The molecule has 0 aliphatic carbocycles. The molecule has 2 N–H and O–H groups in total. The van der Waals surface area contributed by atoms with Crippen molar-refractivity contribution in [2.24, 2.45) is 0 Å². The normalized spacial score (nSPS) is 13.9. The molecule has 0 saturated heterocycles. The molecule has 3 aromatic rings. The van der Waals surface area contributed by atoms with Crippen LogP contribution in [0.3, 0.4) is 0 Å². The van der Waals surface area contributed by atoms with Gasteiger partial charge in [0.1, 0.15) is 0 Å². The van der Waals surface area contributed by atoms with Crippen LogP contribution in [-0.4, -0.2) is 18.3 Å². The summed E-state index contributed by atoms with van der Waals surface area (Å²) in [5.74, 6) is 0.487. The van der Waals surface area contributed by atoms with Crippen LogP contribution in [-0.2, 0) is 12.0 Å². The van der Waals surface area contributed by atoms with Gasteiger partial charge >= 0.3 is 0 Å². The summed E-state index contributed by atoms with van der Waals surface area (Å²) in [6, 6.07) is 33.0. The van der Waals surface area contributed by atoms with E-state index in [4.69, 9.17) is 5.11 Å². The minimum atomic E-state index is -0.0699. The Morgan fingerprint density at radius 3 is 1.86 bits per heavy atom. The van der Waals surface area contributed by atoms with Crippen molar-refractivity contribution in [1.82, 2.24) is 5.32 Å². The van der Waals surface area contributed by atoms with Crippen molar-refractivity contribution in [2.45, 2.75) is 82.6 Å². The van der Waals surface area contributed by atoms with Crippen LogP contribution >= 0.6 is 0 Å². The molecule has 0 aliphatic heterocycles. The van der Waals surface area contributed by atoms with Crippen molar-refractivity contribution >= 4 is 0 Å². The molecule has 2 unspecified atom stereocenters. The van der Waals surface area contributed by atoms with Crippen molar-refractivity contribution in [3.63, 3.8) is 0 Å². The Balaban J connectivity index is 1.64. The number of aliphatic hydroxyl groups is 1. The SMILES string of the molecule is CC(CC(CCc1ccccc1)c1ccccc1)(NCCCCCCCCCO)c1ccccc1. The summed E-state index contributed by atoms with van der Waals surface area (Å²) in [5.41, 5.74) is 4.17. The second-order valence-corrected chi connectivity index (χ2v) is 10.2. The Kier molecular flexibility index (Phi) is 12.1. The molecule has 3 aromatic carbocycles. The second kappa shape index (κ2) is 15.5. The van der Waals surface area contributed by atoms with Crippen molar-refractivity contribution in [1.29, 1.82) is 0 Å². The van der Waals surface area contributed by atoms with Crippen LogP contribution in [0.25, 0.3) is 0 Å². The molecule has 2 atom stereocenters. The van der Waals surface area contributed by atoms with Gasteiger partial charge in [-0.3, -0.25) is 0 Å². The molecule has 0 aromatic heterocycles. The van der Waals surface area contributed by atoms with Gasteiger partial charge in [-0.15, -0.1) is 0 Å². The maximum absolute atomic E-state index is 8.93. The zero-order valence-electron chi connectivity index (χ0n) is 21.7. The molecule has 3 rings (SSSR count). The van der Waals surface area contributed by atoms with Crippen molar-refractivity contribution in [2.75, 3.05) is 13.2 Å². The first-order valence-electron chi connectivity index (χ1n) is 13.7. The number of aryl methyl sites for hydroxylation is 1. The lowest BCUT2D eigenvalue weighted by Crippen LogP contribution is -2.41. The molecule has 0 heterocycles. The molecular weight excluding hydrogens is 426 g/mol. The molecule has 0 bridgehead atoms. The average molecular weight is 472 g/mol. The fourth-order valence-electron chi connectivity index (χ4n) is 5.17. The van der Waals surface area contributed by atoms with Crippen LogP contribution in [0.4, 0.5) is 0 Å². The summed E-state index contributed by atoms with van der Waals surface area (Å²) in [7, 11) is 0. The standard InChI is InChI=1S/C33H45NO/c1-33(32-22-14-9-15-23-32,34-26-16-5-3-2-4-6-17-27-35)28-31(30-20-12-8-13-21-30)25-24-29-18-10-7-11-19-29/h7-15,18-23,31,34-35H,2-6,16-17,24-28H2,1H3. The summed E-state index contributed by atoms with van der Waals surface area (Å²) in [5, 5.41) is 12.9. The fraction of sp³-hybridized carbons (Fsp3) is 0.455. The highest BCUT2D eigenvalue weighted by Crippen LogP contribution is 2.36. The first-order chi connectivity index (χ1) is 17.2. The van der Waals surface area contributed by atoms with E-state index in [0.29, 0.717) is 12.5 Å². The highest BCUT2D eigenvalue weighted by molar-refractivity contribution is 5.27. The Morgan fingerprint density at radius 2 is 1.23 bits per heavy atom. The van der Waals surface area contributed by atoms with Gasteiger partial charge in [-0.05, 0) is 68.2 Å². The molecule has 0 saturated carbocycles. The van der Waals surface area contributed by atoms with Gasteiger partial charge < -0.3 is 10.4 Å². The summed E-state index contributed by atoms with van der Waals surface area (Å²) in [4.78, 5) is 0. The highest BCUT2D eigenvalue weighted by Gasteiger charge is 2.30. The summed E-state index contributed by atoms with van der Waals surface area (Å²) >= 11 is 0. The predicted molar refractivity (Wildman–Crippen MR) is 150 cm³/mol. The zero-order valence-corrected chi connectivity index (χ0v) is 21.7. The summed E-state index contributed by atoms with van der Waals surface area (Å²) in [6.45, 7) is 3.77. The lowest BCUT2D eigenvalue weighted by molar-refractivity contribution is 0.282. The third-order valence-electron chi connectivity index (χ3n) is 7.31. The smallest absolute Gasteiger partial charge is 0.0431 e. The average Bonchev–Trinajstić information content (AvgIpc) is 2.92. The third-order valence-corrected chi connectivity index (χ3v) is 7.31. The van der Waals surface area contributed by atoms with Crippen LogP contribution in [0.15, 0.2) is 91.0 Å². The number of hydrogen-bond acceptors (Lipinski definition) is 2. The van der Waals surface area contributed by atoms with Gasteiger partial charge in [-0.25, -0.2) is 0 Å². The van der Waals surface area contributed by atoms with E-state index in [2.05, 4.69) is 103 Å². The number of hydrogen-bond donors (Lipinski definition) is 2. The van der Waals surface area contributed by atoms with Gasteiger partial charge in [0.15, 0.2) is 0 Å². The second-order valence-electron chi connectivity index (χ2n) is 10.2. The molecule has 35 heavy (non-hydrogen) atoms. The highest BCUT2D eigenvalue weighted by atomic mass is 16.2. The Morgan fingerprint density at radius 1 is 0.686 bits per heavy atom. The topological polar surface area (TPSA) is 32.3 Å². The predicted octanol–water partition coefficient (Wildman–Crippen LogP) is 8.02. The molecule has 0 radical (unpaired) electrons. The Hall–Kier alpha value is -2.42. The monoisotopic (exact) mass is 471 g/mol. The third kappa shape index (κ3) is 9.63. The van der Waals surface area contributed by atoms with Crippen LogP contribution in [0.1, 0.15) is 87.3 Å². The van der Waals surface area contributed by atoms with E-state index < -0.39 is 0 Å². The molecule has 0 aliphatic rings. The van der Waals surface area contributed by atoms with Crippen molar-refractivity contribution < 1.29 is 5.11 Å². The van der Waals surface area contributed by atoms with E-state index in [1.54, 1.807) is 0 Å². The summed E-state index contributed by atoms with van der Waals surface area (Å²) in [6.07, 6.45) is 11.7. The van der Waals surface area contributed by atoms with Crippen LogP contribution in [0.2, 0.25) is 0 Å². The van der Waals surface area contributed by atoms with E-state index in [0.717, 1.165) is 38.6 Å². The maximum atomic E-state index is 8.93. The van der Waals surface area contributed by atoms with Crippen molar-refractivity contribution in [3.8, 4) is 0 Å². The Bertz CT molecular complexity index is 912. The molecule has 2 heteroatoms. The number of rotatable bonds is 17. The first-order valence-corrected chi connectivity index (χ1v) is 13.7. The van der Waals surface area contributed by atoms with Gasteiger partial charge in [0.25, 0.3) is 0 Å². The minimum Gasteiger partial charge on any atom is -0.396 e. The fourth-order valence-corrected chi connectivity index (χ4v) is 5.17. The molecule has 0 fully saturated rings. The molecular formula is C33H45NO. The lowest BCUT2D eigenvalue weighted by Gasteiger charge is -2.36. The lowest BCUT2D eigenvalue weighted by atomic mass is 9.78. The molecule has 0 spiro atoms. The van der Waals surface area contributed by atoms with E-state index >= 15 is 0 Å². The number of unbranched alkanes of at least 4 members (excludes halogenated alkanes) is 6. The van der Waals surface area contributed by atoms with Gasteiger partial charge in [-0.2, -0.15) is 0 Å². The van der Waals surface area contributed by atoms with E-state index in [9.17, 15) is 0 Å². The minimum absolute atomic E-state index is 0.0699. The number of nitrogens with one attached hydrogen (secondary N) is 1. The van der Waals surface area contributed by atoms with Crippen LogP contribution in [0.5, 0.6) is 0 Å².